The molecular formula is C19H26N4O2. The number of hydrogen-bond donors (Lipinski definition) is 3. The van der Waals surface area contributed by atoms with Gasteiger partial charge in [-0.2, -0.15) is 0 Å². The fraction of sp³-hybridized carbons (Fsp3) is 0.579. The topological polar surface area (TPSA) is 79.0 Å². The van der Waals surface area contributed by atoms with Crippen molar-refractivity contribution in [3.8, 4) is 0 Å². The van der Waals surface area contributed by atoms with E-state index in [0.29, 0.717) is 18.6 Å². The highest BCUT2D eigenvalue weighted by atomic mass is 16.5. The number of aromatic amines is 1. The van der Waals surface area contributed by atoms with Crippen LogP contribution in [0.15, 0.2) is 24.3 Å². The number of ether oxygens (including phenoxy) is 1. The van der Waals surface area contributed by atoms with Gasteiger partial charge in [-0.1, -0.05) is 26.0 Å². The second-order valence-corrected chi connectivity index (χ2v) is 7.75. The van der Waals surface area contributed by atoms with Gasteiger partial charge >= 0.3 is 6.03 Å². The highest BCUT2D eigenvalue weighted by Gasteiger charge is 2.59. The molecule has 134 valence electrons. The molecule has 2 fully saturated rings. The molecule has 1 aromatic carbocycles. The number of aryl methyl sites for hydroxylation is 1. The lowest BCUT2D eigenvalue weighted by Gasteiger charge is -2.54. The van der Waals surface area contributed by atoms with Crippen LogP contribution >= 0.6 is 0 Å². The second-order valence-electron chi connectivity index (χ2n) is 7.75. The Labute approximate surface area is 147 Å². The summed E-state index contributed by atoms with van der Waals surface area (Å²) in [5.74, 6) is 1.44. The Morgan fingerprint density at radius 2 is 2.24 bits per heavy atom. The molecule has 3 atom stereocenters. The fourth-order valence-corrected chi connectivity index (χ4v) is 4.39. The lowest BCUT2D eigenvalue weighted by Crippen LogP contribution is -2.67. The molecule has 4 rings (SSSR count). The molecule has 0 unspecified atom stereocenters. The Morgan fingerprint density at radius 3 is 3.08 bits per heavy atom. The van der Waals surface area contributed by atoms with Crippen LogP contribution in [-0.4, -0.2) is 41.3 Å². The van der Waals surface area contributed by atoms with Crippen LogP contribution in [0.25, 0.3) is 11.0 Å². The van der Waals surface area contributed by atoms with E-state index in [1.165, 1.54) is 0 Å². The molecule has 6 nitrogen and oxygen atoms in total. The van der Waals surface area contributed by atoms with Gasteiger partial charge in [0.25, 0.3) is 0 Å². The van der Waals surface area contributed by atoms with Crippen LogP contribution in [0.4, 0.5) is 4.79 Å². The van der Waals surface area contributed by atoms with Crippen molar-refractivity contribution in [1.82, 2.24) is 20.6 Å². The third kappa shape index (κ3) is 2.99. The van der Waals surface area contributed by atoms with Gasteiger partial charge in [-0.25, -0.2) is 9.78 Å². The van der Waals surface area contributed by atoms with E-state index in [2.05, 4.69) is 34.4 Å². The zero-order chi connectivity index (χ0) is 17.4. The van der Waals surface area contributed by atoms with Crippen molar-refractivity contribution >= 4 is 17.1 Å². The van der Waals surface area contributed by atoms with Crippen LogP contribution in [0.2, 0.25) is 0 Å². The van der Waals surface area contributed by atoms with E-state index in [9.17, 15) is 4.79 Å². The second kappa shape index (κ2) is 6.33. The summed E-state index contributed by atoms with van der Waals surface area (Å²) in [5.41, 5.74) is 2.07. The van der Waals surface area contributed by atoms with Crippen molar-refractivity contribution in [1.29, 1.82) is 0 Å². The first-order valence-corrected chi connectivity index (χ1v) is 9.15. The number of imidazole rings is 1. The number of amides is 2. The normalized spacial score (nSPS) is 26.9. The SMILES string of the molecule is CC1(C)[C@H](NC(=O)NCCCc2nc3ccccc3[nH]2)[C@@H]2CCO[C@@H]21. The predicted octanol–water partition coefficient (Wildman–Crippen LogP) is 2.61. The maximum absolute atomic E-state index is 12.2. The molecule has 1 aliphatic heterocycles. The average Bonchev–Trinajstić information content (AvgIpc) is 3.21. The first-order chi connectivity index (χ1) is 12.1. The number of carbonyl (C=O) groups is 1. The largest absolute Gasteiger partial charge is 0.377 e. The summed E-state index contributed by atoms with van der Waals surface area (Å²) in [7, 11) is 0. The summed E-state index contributed by atoms with van der Waals surface area (Å²) in [6, 6.07) is 8.14. The number of carbonyl (C=O) groups excluding carboxylic acids is 1. The number of benzene rings is 1. The summed E-state index contributed by atoms with van der Waals surface area (Å²) in [6.45, 7) is 5.80. The van der Waals surface area contributed by atoms with Gasteiger partial charge in [0.1, 0.15) is 5.82 Å². The molecule has 0 radical (unpaired) electrons. The minimum absolute atomic E-state index is 0.0206. The van der Waals surface area contributed by atoms with Gasteiger partial charge in [-0.3, -0.25) is 0 Å². The van der Waals surface area contributed by atoms with E-state index in [0.717, 1.165) is 42.7 Å². The lowest BCUT2D eigenvalue weighted by molar-refractivity contribution is -0.108. The quantitative estimate of drug-likeness (QED) is 0.731. The third-order valence-corrected chi connectivity index (χ3v) is 5.70. The Balaban J connectivity index is 1.21. The molecule has 0 spiro atoms. The molecule has 2 aromatic rings. The highest BCUT2D eigenvalue weighted by molar-refractivity contribution is 5.75. The average molecular weight is 342 g/mol. The van der Waals surface area contributed by atoms with Crippen LogP contribution in [-0.2, 0) is 11.2 Å². The molecule has 3 N–H and O–H groups in total. The fourth-order valence-electron chi connectivity index (χ4n) is 4.39. The van der Waals surface area contributed by atoms with Crippen LogP contribution in [0.3, 0.4) is 0 Å². The summed E-state index contributed by atoms with van der Waals surface area (Å²) < 4.78 is 5.77. The van der Waals surface area contributed by atoms with E-state index in [1.807, 2.05) is 24.3 Å². The van der Waals surface area contributed by atoms with E-state index in [1.54, 1.807) is 0 Å². The summed E-state index contributed by atoms with van der Waals surface area (Å²) in [6.07, 6.45) is 3.02. The van der Waals surface area contributed by atoms with Gasteiger partial charge < -0.3 is 20.4 Å². The number of rotatable bonds is 5. The molecule has 1 saturated heterocycles. The zero-order valence-corrected chi connectivity index (χ0v) is 14.8. The molecule has 1 saturated carbocycles. The Hall–Kier alpha value is -2.08. The first kappa shape index (κ1) is 16.4. The van der Waals surface area contributed by atoms with Gasteiger partial charge in [0, 0.05) is 36.9 Å². The maximum atomic E-state index is 12.2. The standard InChI is InChI=1S/C19H26N4O2/c1-19(2)16(12-9-11-25-17(12)19)23-18(24)20-10-5-8-15-21-13-6-3-4-7-14(13)22-15/h3-4,6-7,12,16-17H,5,8-11H2,1-2H3,(H,21,22)(H2,20,23,24)/t12-,16+,17-/m0/s1. The number of aromatic nitrogens is 2. The van der Waals surface area contributed by atoms with Crippen molar-refractivity contribution in [2.24, 2.45) is 11.3 Å². The number of nitrogens with zero attached hydrogens (tertiary/aromatic N) is 1. The minimum Gasteiger partial charge on any atom is -0.377 e. The number of hydrogen-bond acceptors (Lipinski definition) is 3. The minimum atomic E-state index is -0.0759. The molecule has 25 heavy (non-hydrogen) atoms. The summed E-state index contributed by atoms with van der Waals surface area (Å²) in [5, 5.41) is 6.12. The highest BCUT2D eigenvalue weighted by Crippen LogP contribution is 2.51. The Morgan fingerprint density at radius 1 is 1.40 bits per heavy atom. The van der Waals surface area contributed by atoms with Crippen molar-refractivity contribution in [3.05, 3.63) is 30.1 Å². The zero-order valence-electron chi connectivity index (χ0n) is 14.8. The van der Waals surface area contributed by atoms with E-state index >= 15 is 0 Å². The number of H-pyrrole nitrogens is 1. The third-order valence-electron chi connectivity index (χ3n) is 5.70. The summed E-state index contributed by atoms with van der Waals surface area (Å²) >= 11 is 0. The predicted molar refractivity (Wildman–Crippen MR) is 96.4 cm³/mol. The van der Waals surface area contributed by atoms with Crippen LogP contribution in [0.1, 0.15) is 32.5 Å². The molecule has 1 aromatic heterocycles. The molecule has 1 aliphatic carbocycles. The smallest absolute Gasteiger partial charge is 0.315 e. The van der Waals surface area contributed by atoms with E-state index in [-0.39, 0.29) is 17.5 Å². The molecule has 0 bridgehead atoms. The molecule has 2 aliphatic rings. The van der Waals surface area contributed by atoms with Gasteiger partial charge in [-0.05, 0) is 25.0 Å². The van der Waals surface area contributed by atoms with Gasteiger partial charge in [0.2, 0.25) is 0 Å². The lowest BCUT2D eigenvalue weighted by atomic mass is 9.57. The summed E-state index contributed by atoms with van der Waals surface area (Å²) in [4.78, 5) is 20.1. The van der Waals surface area contributed by atoms with Crippen LogP contribution < -0.4 is 10.6 Å². The van der Waals surface area contributed by atoms with Gasteiger partial charge in [-0.15, -0.1) is 0 Å². The van der Waals surface area contributed by atoms with Crippen LogP contribution in [0.5, 0.6) is 0 Å². The van der Waals surface area contributed by atoms with E-state index in [4.69, 9.17) is 4.74 Å². The molecule has 2 heterocycles. The Bertz CT molecular complexity index is 737. The monoisotopic (exact) mass is 342 g/mol. The van der Waals surface area contributed by atoms with Gasteiger partial charge in [0.15, 0.2) is 0 Å². The number of urea groups is 1. The van der Waals surface area contributed by atoms with Crippen molar-refractivity contribution in [2.45, 2.75) is 45.3 Å². The first-order valence-electron chi connectivity index (χ1n) is 9.15. The number of fused-ring (bicyclic) bond motifs is 2. The molecular weight excluding hydrogens is 316 g/mol. The number of nitrogens with one attached hydrogen (secondary N) is 3. The van der Waals surface area contributed by atoms with Crippen LogP contribution in [0, 0.1) is 11.3 Å². The van der Waals surface area contributed by atoms with Crippen molar-refractivity contribution in [3.63, 3.8) is 0 Å². The number of para-hydroxylation sites is 2. The van der Waals surface area contributed by atoms with Crippen molar-refractivity contribution in [2.75, 3.05) is 13.2 Å². The Kier molecular flexibility index (Phi) is 4.15. The van der Waals surface area contributed by atoms with Crippen molar-refractivity contribution < 1.29 is 9.53 Å². The molecule has 6 heteroatoms. The van der Waals surface area contributed by atoms with E-state index < -0.39 is 0 Å². The molecule has 2 amide bonds. The van der Waals surface area contributed by atoms with Gasteiger partial charge in [0.05, 0.1) is 17.1 Å². The maximum Gasteiger partial charge on any atom is 0.315 e.